The molecule has 100 valence electrons. The van der Waals surface area contributed by atoms with Crippen molar-refractivity contribution in [2.45, 2.75) is 13.0 Å². The van der Waals surface area contributed by atoms with Crippen LogP contribution in [-0.4, -0.2) is 27.2 Å². The molecule has 0 radical (unpaired) electrons. The summed E-state index contributed by atoms with van der Waals surface area (Å²) >= 11 is 5.73. The lowest BCUT2D eigenvalue weighted by molar-refractivity contribution is 0.456. The Balaban J connectivity index is 2.36. The van der Waals surface area contributed by atoms with Crippen molar-refractivity contribution in [2.75, 3.05) is 11.9 Å². The van der Waals surface area contributed by atoms with E-state index in [1.807, 2.05) is 19.1 Å². The fourth-order valence-electron chi connectivity index (χ4n) is 1.84. The van der Waals surface area contributed by atoms with Crippen LogP contribution >= 0.6 is 11.6 Å². The third-order valence-electron chi connectivity index (χ3n) is 3.02. The molecule has 1 aromatic carbocycles. The van der Waals surface area contributed by atoms with E-state index in [0.717, 1.165) is 5.56 Å². The molecule has 1 heterocycles. The van der Waals surface area contributed by atoms with Gasteiger partial charge in [0.1, 0.15) is 5.75 Å². The van der Waals surface area contributed by atoms with E-state index in [4.69, 9.17) is 11.6 Å². The first kappa shape index (κ1) is 13.4. The van der Waals surface area contributed by atoms with Gasteiger partial charge in [0.15, 0.2) is 11.6 Å². The molecular formula is C13H14ClN3O2. The lowest BCUT2D eigenvalue weighted by atomic mass is 10.1. The van der Waals surface area contributed by atoms with Crippen LogP contribution in [0.2, 0.25) is 5.28 Å². The minimum absolute atomic E-state index is 0.0594. The zero-order valence-electron chi connectivity index (χ0n) is 10.6. The summed E-state index contributed by atoms with van der Waals surface area (Å²) in [6, 6.07) is 6.85. The second-order valence-electron chi connectivity index (χ2n) is 4.19. The van der Waals surface area contributed by atoms with E-state index >= 15 is 0 Å². The summed E-state index contributed by atoms with van der Waals surface area (Å²) in [6.07, 6.45) is 1.25. The number of hydrogen-bond donors (Lipinski definition) is 2. The number of phenolic OH excluding ortho intramolecular Hbond substituents is 1. The van der Waals surface area contributed by atoms with Gasteiger partial charge < -0.3 is 15.1 Å². The Morgan fingerprint density at radius 2 is 1.89 bits per heavy atom. The summed E-state index contributed by atoms with van der Waals surface area (Å²) in [5, 5.41) is 19.7. The van der Waals surface area contributed by atoms with Crippen LogP contribution in [0, 0.1) is 0 Å². The summed E-state index contributed by atoms with van der Waals surface area (Å²) in [5.41, 5.74) is 0.735. The number of nitrogens with zero attached hydrogens (tertiary/aromatic N) is 3. The van der Waals surface area contributed by atoms with E-state index in [9.17, 15) is 10.2 Å². The summed E-state index contributed by atoms with van der Waals surface area (Å²) in [6.45, 7) is 1.89. The first-order valence-corrected chi connectivity index (χ1v) is 6.10. The number of anilines is 1. The molecule has 2 aromatic rings. The lowest BCUT2D eigenvalue weighted by Crippen LogP contribution is -2.23. The van der Waals surface area contributed by atoms with Crippen LogP contribution in [0.15, 0.2) is 30.5 Å². The van der Waals surface area contributed by atoms with E-state index in [0.29, 0.717) is 5.82 Å². The molecule has 0 fully saturated rings. The molecule has 2 N–H and O–H groups in total. The number of benzene rings is 1. The van der Waals surface area contributed by atoms with Crippen molar-refractivity contribution in [2.24, 2.45) is 0 Å². The van der Waals surface area contributed by atoms with Crippen LogP contribution in [0.5, 0.6) is 11.5 Å². The van der Waals surface area contributed by atoms with Gasteiger partial charge in [0, 0.05) is 12.6 Å². The highest BCUT2D eigenvalue weighted by Gasteiger charge is 2.19. The highest BCUT2D eigenvalue weighted by atomic mass is 35.5. The first-order chi connectivity index (χ1) is 9.00. The number of hydrogen-bond acceptors (Lipinski definition) is 5. The minimum atomic E-state index is -0.182. The van der Waals surface area contributed by atoms with Crippen molar-refractivity contribution in [3.8, 4) is 11.5 Å². The highest BCUT2D eigenvalue weighted by Crippen LogP contribution is 2.33. The molecular weight excluding hydrogens is 266 g/mol. The smallest absolute Gasteiger partial charge is 0.224 e. The number of halogens is 1. The molecule has 19 heavy (non-hydrogen) atoms. The van der Waals surface area contributed by atoms with Crippen LogP contribution in [0.25, 0.3) is 0 Å². The van der Waals surface area contributed by atoms with Crippen molar-refractivity contribution >= 4 is 17.4 Å². The predicted octanol–water partition coefficient (Wildman–Crippen LogP) is 2.74. The Labute approximate surface area is 116 Å². The third-order valence-corrected chi connectivity index (χ3v) is 3.20. The standard InChI is InChI=1S/C13H14ClN3O2/c1-8(9-5-3-4-6-10(9)18)17(2)12-11(19)7-15-13(14)16-12/h3-8,18-19H,1-2H3/t8-/m1/s1. The number of aromatic hydroxyl groups is 2. The van der Waals surface area contributed by atoms with Crippen molar-refractivity contribution in [3.05, 3.63) is 41.3 Å². The molecule has 0 spiro atoms. The fourth-order valence-corrected chi connectivity index (χ4v) is 1.97. The molecule has 2 rings (SSSR count). The summed E-state index contributed by atoms with van der Waals surface area (Å²) in [5.74, 6) is 0.450. The molecule has 1 aromatic heterocycles. The Bertz CT molecular complexity index is 592. The van der Waals surface area contributed by atoms with Crippen LogP contribution in [0.4, 0.5) is 5.82 Å². The van der Waals surface area contributed by atoms with Crippen molar-refractivity contribution < 1.29 is 10.2 Å². The van der Waals surface area contributed by atoms with Gasteiger partial charge in [-0.25, -0.2) is 4.98 Å². The van der Waals surface area contributed by atoms with Gasteiger partial charge in [-0.15, -0.1) is 0 Å². The molecule has 5 nitrogen and oxygen atoms in total. The first-order valence-electron chi connectivity index (χ1n) is 5.73. The van der Waals surface area contributed by atoms with Crippen LogP contribution < -0.4 is 4.90 Å². The zero-order chi connectivity index (χ0) is 14.0. The van der Waals surface area contributed by atoms with Gasteiger partial charge in [-0.1, -0.05) is 18.2 Å². The second-order valence-corrected chi connectivity index (χ2v) is 4.53. The molecule has 0 aliphatic rings. The zero-order valence-corrected chi connectivity index (χ0v) is 11.3. The van der Waals surface area contributed by atoms with E-state index in [1.54, 1.807) is 24.1 Å². The van der Waals surface area contributed by atoms with Crippen LogP contribution in [0.1, 0.15) is 18.5 Å². The second kappa shape index (κ2) is 5.32. The summed E-state index contributed by atoms with van der Waals surface area (Å²) < 4.78 is 0. The third kappa shape index (κ3) is 2.71. The maximum atomic E-state index is 9.85. The Morgan fingerprint density at radius 1 is 1.21 bits per heavy atom. The van der Waals surface area contributed by atoms with Crippen LogP contribution in [0.3, 0.4) is 0 Å². The normalized spacial score (nSPS) is 12.2. The number of rotatable bonds is 3. The lowest BCUT2D eigenvalue weighted by Gasteiger charge is -2.27. The number of phenols is 1. The molecule has 0 aliphatic carbocycles. The van der Waals surface area contributed by atoms with E-state index in [-0.39, 0.29) is 22.8 Å². The van der Waals surface area contributed by atoms with Gasteiger partial charge in [-0.2, -0.15) is 4.98 Å². The van der Waals surface area contributed by atoms with Crippen LogP contribution in [-0.2, 0) is 0 Å². The monoisotopic (exact) mass is 279 g/mol. The molecule has 0 aliphatic heterocycles. The summed E-state index contributed by atoms with van der Waals surface area (Å²) in [4.78, 5) is 9.42. The Morgan fingerprint density at radius 3 is 2.58 bits per heavy atom. The van der Waals surface area contributed by atoms with E-state index < -0.39 is 0 Å². The highest BCUT2D eigenvalue weighted by molar-refractivity contribution is 6.28. The molecule has 0 amide bonds. The Kier molecular flexibility index (Phi) is 3.76. The van der Waals surface area contributed by atoms with E-state index in [1.165, 1.54) is 6.20 Å². The maximum absolute atomic E-state index is 9.85. The van der Waals surface area contributed by atoms with Gasteiger partial charge in [-0.3, -0.25) is 0 Å². The quantitative estimate of drug-likeness (QED) is 0.846. The van der Waals surface area contributed by atoms with Crippen molar-refractivity contribution in [1.82, 2.24) is 9.97 Å². The minimum Gasteiger partial charge on any atom is -0.508 e. The molecule has 6 heteroatoms. The number of para-hydroxylation sites is 1. The van der Waals surface area contributed by atoms with E-state index in [2.05, 4.69) is 9.97 Å². The van der Waals surface area contributed by atoms with Gasteiger partial charge in [-0.05, 0) is 24.6 Å². The average molecular weight is 280 g/mol. The van der Waals surface area contributed by atoms with Gasteiger partial charge >= 0.3 is 0 Å². The number of aromatic nitrogens is 2. The Hall–Kier alpha value is -2.01. The fraction of sp³-hybridized carbons (Fsp3) is 0.231. The topological polar surface area (TPSA) is 69.5 Å². The molecule has 0 bridgehead atoms. The SMILES string of the molecule is C[C@H](c1ccccc1O)N(C)c1nc(Cl)ncc1O. The maximum Gasteiger partial charge on any atom is 0.224 e. The largest absolute Gasteiger partial charge is 0.508 e. The molecule has 1 atom stereocenters. The molecule has 0 saturated carbocycles. The van der Waals surface area contributed by atoms with Gasteiger partial charge in [0.25, 0.3) is 0 Å². The van der Waals surface area contributed by atoms with Gasteiger partial charge in [0.2, 0.25) is 5.28 Å². The van der Waals surface area contributed by atoms with Gasteiger partial charge in [0.05, 0.1) is 12.2 Å². The average Bonchev–Trinajstić information content (AvgIpc) is 2.40. The van der Waals surface area contributed by atoms with Crippen molar-refractivity contribution in [1.29, 1.82) is 0 Å². The predicted molar refractivity (Wildman–Crippen MR) is 73.6 cm³/mol. The molecule has 0 unspecified atom stereocenters. The van der Waals surface area contributed by atoms with Crippen molar-refractivity contribution in [3.63, 3.8) is 0 Å². The molecule has 0 saturated heterocycles. The summed E-state index contributed by atoms with van der Waals surface area (Å²) in [7, 11) is 1.76.